The Balaban J connectivity index is 1.95. The number of nitrogen functional groups attached to an aromatic ring is 1. The van der Waals surface area contributed by atoms with Crippen LogP contribution in [0.25, 0.3) is 0 Å². The number of ether oxygens (including phenoxy) is 2. The van der Waals surface area contributed by atoms with Gasteiger partial charge < -0.3 is 25.2 Å². The number of piperazine rings is 1. The summed E-state index contributed by atoms with van der Waals surface area (Å²) in [5.74, 6) is -1.80. The van der Waals surface area contributed by atoms with E-state index in [2.05, 4.69) is 0 Å². The number of rotatable bonds is 10. The van der Waals surface area contributed by atoms with Crippen LogP contribution in [0.3, 0.4) is 0 Å². The van der Waals surface area contributed by atoms with E-state index in [1.54, 1.807) is 48.5 Å². The predicted octanol–water partition coefficient (Wildman–Crippen LogP) is 1.98. The van der Waals surface area contributed by atoms with Crippen molar-refractivity contribution in [2.45, 2.75) is 32.0 Å². The summed E-state index contributed by atoms with van der Waals surface area (Å²) in [5.41, 5.74) is 6.56. The molecule has 0 spiro atoms. The van der Waals surface area contributed by atoms with E-state index in [1.807, 2.05) is 6.92 Å². The summed E-state index contributed by atoms with van der Waals surface area (Å²) < 4.78 is 11.3. The van der Waals surface area contributed by atoms with Gasteiger partial charge in [0.25, 0.3) is 0 Å². The lowest BCUT2D eigenvalue weighted by molar-refractivity contribution is -0.169. The molecule has 180 valence electrons. The number of hydrogen-bond donors (Lipinski definition) is 3. The quantitative estimate of drug-likeness (QED) is 0.274. The lowest BCUT2D eigenvalue weighted by Gasteiger charge is -2.43. The maximum absolute atomic E-state index is 13.1. The largest absolute Gasteiger partial charge is 0.497 e. The van der Waals surface area contributed by atoms with Gasteiger partial charge in [-0.25, -0.2) is 0 Å². The molecule has 10 heteroatoms. The van der Waals surface area contributed by atoms with E-state index in [-0.39, 0.29) is 18.8 Å². The number of methoxy groups -OCH3 is 1. The summed E-state index contributed by atoms with van der Waals surface area (Å²) in [6, 6.07) is 12.4. The normalized spacial score (nSPS) is 16.8. The highest BCUT2D eigenvalue weighted by molar-refractivity contribution is 6.35. The molecule has 0 aromatic heterocycles. The van der Waals surface area contributed by atoms with E-state index >= 15 is 0 Å². The number of amides is 2. The van der Waals surface area contributed by atoms with Crippen LogP contribution in [0.5, 0.6) is 11.5 Å². The first-order valence-corrected chi connectivity index (χ1v) is 10.8. The number of benzene rings is 2. The number of carboxylic acids is 1. The molecule has 0 bridgehead atoms. The number of nitrogens with one attached hydrogen (secondary N) is 1. The fourth-order valence-electron chi connectivity index (χ4n) is 3.87. The number of nitrogens with two attached hydrogens (primary N) is 1. The van der Waals surface area contributed by atoms with Crippen LogP contribution in [0.1, 0.15) is 36.9 Å². The van der Waals surface area contributed by atoms with E-state index < -0.39 is 30.1 Å². The molecule has 1 saturated heterocycles. The second kappa shape index (κ2) is 10.7. The standard InChI is InChI=1S/C24H28N4O6/c1-3-11-27-20(34-17-9-7-15(8-10-17)22(25)26)14-28(24(32)23(27)31)19(13-21(29)30)16-5-4-6-18(12-16)33-2/h4-10,12,19-20H,3,11,13-14H2,1-2H3,(H3,25,26)(H,29,30). The van der Waals surface area contributed by atoms with Crippen LogP contribution in [0.4, 0.5) is 0 Å². The van der Waals surface area contributed by atoms with Gasteiger partial charge in [0.2, 0.25) is 0 Å². The molecular weight excluding hydrogens is 440 g/mol. The zero-order valence-corrected chi connectivity index (χ0v) is 19.1. The molecular formula is C24H28N4O6. The van der Waals surface area contributed by atoms with Crippen molar-refractivity contribution in [3.8, 4) is 11.5 Å². The Kier molecular flexibility index (Phi) is 7.72. The molecule has 3 rings (SSSR count). The Hall–Kier alpha value is -4.08. The van der Waals surface area contributed by atoms with Crippen molar-refractivity contribution in [3.05, 3.63) is 59.7 Å². The molecule has 34 heavy (non-hydrogen) atoms. The SMILES string of the molecule is CCCN1C(=O)C(=O)N(C(CC(=O)O)c2cccc(OC)c2)CC1Oc1ccc(C(=N)N)cc1. The second-order valence-corrected chi connectivity index (χ2v) is 7.86. The van der Waals surface area contributed by atoms with Gasteiger partial charge in [0.05, 0.1) is 26.1 Å². The number of carbonyl (C=O) groups is 3. The van der Waals surface area contributed by atoms with Crippen LogP contribution in [0, 0.1) is 5.41 Å². The molecule has 4 N–H and O–H groups in total. The summed E-state index contributed by atoms with van der Waals surface area (Å²) in [4.78, 5) is 40.4. The number of hydrogen-bond acceptors (Lipinski definition) is 6. The fourth-order valence-corrected chi connectivity index (χ4v) is 3.87. The van der Waals surface area contributed by atoms with Crippen molar-refractivity contribution in [2.75, 3.05) is 20.2 Å². The summed E-state index contributed by atoms with van der Waals surface area (Å²) in [6.45, 7) is 2.16. The first-order chi connectivity index (χ1) is 16.2. The van der Waals surface area contributed by atoms with Crippen LogP contribution in [0.15, 0.2) is 48.5 Å². The van der Waals surface area contributed by atoms with Gasteiger partial charge in [0.1, 0.15) is 17.3 Å². The molecule has 1 fully saturated rings. The summed E-state index contributed by atoms with van der Waals surface area (Å²) in [5, 5.41) is 17.1. The Morgan fingerprint density at radius 2 is 1.88 bits per heavy atom. The monoisotopic (exact) mass is 468 g/mol. The third-order valence-electron chi connectivity index (χ3n) is 5.53. The van der Waals surface area contributed by atoms with Crippen molar-refractivity contribution in [2.24, 2.45) is 5.73 Å². The minimum Gasteiger partial charge on any atom is -0.497 e. The van der Waals surface area contributed by atoms with Gasteiger partial charge in [-0.2, -0.15) is 0 Å². The van der Waals surface area contributed by atoms with Crippen molar-refractivity contribution >= 4 is 23.6 Å². The highest BCUT2D eigenvalue weighted by Gasteiger charge is 2.43. The topological polar surface area (TPSA) is 146 Å². The Bertz CT molecular complexity index is 1070. The van der Waals surface area contributed by atoms with Gasteiger partial charge in [0.15, 0.2) is 6.23 Å². The van der Waals surface area contributed by atoms with E-state index in [0.717, 1.165) is 0 Å². The molecule has 2 unspecified atom stereocenters. The number of aliphatic carboxylic acids is 1. The van der Waals surface area contributed by atoms with E-state index in [1.165, 1.54) is 16.9 Å². The lowest BCUT2D eigenvalue weighted by Crippen LogP contribution is -2.62. The van der Waals surface area contributed by atoms with Gasteiger partial charge >= 0.3 is 17.8 Å². The number of carboxylic acid groups (broad SMARTS) is 1. The zero-order valence-electron chi connectivity index (χ0n) is 19.1. The number of nitrogens with zero attached hydrogens (tertiary/aromatic N) is 2. The molecule has 2 aromatic carbocycles. The molecule has 0 aliphatic carbocycles. The summed E-state index contributed by atoms with van der Waals surface area (Å²) in [7, 11) is 1.49. The van der Waals surface area contributed by atoms with Crippen LogP contribution in [-0.4, -0.2) is 65.0 Å². The van der Waals surface area contributed by atoms with Crippen molar-refractivity contribution in [1.82, 2.24) is 9.80 Å². The first kappa shape index (κ1) is 24.6. The third-order valence-corrected chi connectivity index (χ3v) is 5.53. The van der Waals surface area contributed by atoms with Crippen molar-refractivity contribution in [3.63, 3.8) is 0 Å². The number of amidine groups is 1. The van der Waals surface area contributed by atoms with Crippen molar-refractivity contribution in [1.29, 1.82) is 5.41 Å². The minimum atomic E-state index is -1.11. The van der Waals surface area contributed by atoms with Crippen LogP contribution >= 0.6 is 0 Å². The summed E-state index contributed by atoms with van der Waals surface area (Å²) in [6.07, 6.45) is -0.605. The average Bonchev–Trinajstić information content (AvgIpc) is 2.82. The minimum absolute atomic E-state index is 0.0197. The second-order valence-electron chi connectivity index (χ2n) is 7.86. The highest BCUT2D eigenvalue weighted by Crippen LogP contribution is 2.31. The zero-order chi connectivity index (χ0) is 24.8. The van der Waals surface area contributed by atoms with Gasteiger partial charge in [0, 0.05) is 12.1 Å². The third kappa shape index (κ3) is 5.45. The predicted molar refractivity (Wildman–Crippen MR) is 124 cm³/mol. The lowest BCUT2D eigenvalue weighted by atomic mass is 10.00. The highest BCUT2D eigenvalue weighted by atomic mass is 16.5. The molecule has 2 atom stereocenters. The Labute approximate surface area is 197 Å². The molecule has 2 aromatic rings. The molecule has 10 nitrogen and oxygen atoms in total. The molecule has 0 radical (unpaired) electrons. The van der Waals surface area contributed by atoms with Crippen molar-refractivity contribution < 1.29 is 29.0 Å². The number of carbonyl (C=O) groups excluding carboxylic acids is 2. The molecule has 0 saturated carbocycles. The van der Waals surface area contributed by atoms with Crippen LogP contribution < -0.4 is 15.2 Å². The molecule has 1 heterocycles. The molecule has 2 amide bonds. The van der Waals surface area contributed by atoms with E-state index in [4.69, 9.17) is 20.6 Å². The fraction of sp³-hybridized carbons (Fsp3) is 0.333. The van der Waals surface area contributed by atoms with Gasteiger partial charge in [-0.15, -0.1) is 0 Å². The maximum Gasteiger partial charge on any atom is 0.315 e. The Morgan fingerprint density at radius 3 is 2.47 bits per heavy atom. The first-order valence-electron chi connectivity index (χ1n) is 10.8. The van der Waals surface area contributed by atoms with E-state index in [9.17, 15) is 19.5 Å². The average molecular weight is 469 g/mol. The van der Waals surface area contributed by atoms with Crippen LogP contribution in [-0.2, 0) is 14.4 Å². The van der Waals surface area contributed by atoms with Gasteiger partial charge in [-0.05, 0) is 48.4 Å². The molecule has 1 aliphatic heterocycles. The maximum atomic E-state index is 13.1. The summed E-state index contributed by atoms with van der Waals surface area (Å²) >= 11 is 0. The van der Waals surface area contributed by atoms with E-state index in [0.29, 0.717) is 35.6 Å². The van der Waals surface area contributed by atoms with Gasteiger partial charge in [-0.3, -0.25) is 24.7 Å². The molecule has 1 aliphatic rings. The van der Waals surface area contributed by atoms with Crippen LogP contribution in [0.2, 0.25) is 0 Å². The Morgan fingerprint density at radius 1 is 1.18 bits per heavy atom. The van der Waals surface area contributed by atoms with Gasteiger partial charge in [-0.1, -0.05) is 19.1 Å². The smallest absolute Gasteiger partial charge is 0.315 e.